The summed E-state index contributed by atoms with van der Waals surface area (Å²) >= 11 is 0. The lowest BCUT2D eigenvalue weighted by molar-refractivity contribution is -0.121. The lowest BCUT2D eigenvalue weighted by Crippen LogP contribution is -2.45. The number of benzene rings is 1. The molecule has 1 heterocycles. The summed E-state index contributed by atoms with van der Waals surface area (Å²) in [7, 11) is 0. The van der Waals surface area contributed by atoms with Crippen LogP contribution in [-0.4, -0.2) is 36.5 Å². The van der Waals surface area contributed by atoms with E-state index < -0.39 is 0 Å². The Kier molecular flexibility index (Phi) is 6.02. The highest BCUT2D eigenvalue weighted by Crippen LogP contribution is 2.19. The molecule has 0 saturated carbocycles. The van der Waals surface area contributed by atoms with Crippen molar-refractivity contribution in [2.75, 3.05) is 25.0 Å². The van der Waals surface area contributed by atoms with Gasteiger partial charge in [0.25, 0.3) is 0 Å². The largest absolute Gasteiger partial charge is 0.356 e. The number of hydrogen-bond acceptors (Lipinski definition) is 2. The second-order valence-electron chi connectivity index (χ2n) is 6.34. The quantitative estimate of drug-likeness (QED) is 0.896. The molecule has 1 fully saturated rings. The number of anilines is 1. The molecule has 0 radical (unpaired) electrons. The fourth-order valence-electron chi connectivity index (χ4n) is 2.82. The van der Waals surface area contributed by atoms with E-state index >= 15 is 0 Å². The number of hydrogen-bond donors (Lipinski definition) is 2. The van der Waals surface area contributed by atoms with Crippen molar-refractivity contribution in [2.24, 2.45) is 5.92 Å². The van der Waals surface area contributed by atoms with Crippen LogP contribution < -0.4 is 10.6 Å². The molecular formula is C18H27N3O2. The molecule has 1 unspecified atom stereocenters. The smallest absolute Gasteiger partial charge is 0.321 e. The summed E-state index contributed by atoms with van der Waals surface area (Å²) < 4.78 is 0. The van der Waals surface area contributed by atoms with Crippen molar-refractivity contribution >= 4 is 17.6 Å². The van der Waals surface area contributed by atoms with Crippen LogP contribution in [0.1, 0.15) is 37.3 Å². The van der Waals surface area contributed by atoms with E-state index in [0.717, 1.165) is 25.1 Å². The Morgan fingerprint density at radius 3 is 2.74 bits per heavy atom. The third-order valence-corrected chi connectivity index (χ3v) is 4.47. The second kappa shape index (κ2) is 7.99. The van der Waals surface area contributed by atoms with Crippen LogP contribution in [0.4, 0.5) is 10.5 Å². The van der Waals surface area contributed by atoms with Gasteiger partial charge < -0.3 is 15.5 Å². The van der Waals surface area contributed by atoms with E-state index in [2.05, 4.69) is 17.6 Å². The molecule has 1 aliphatic rings. The van der Waals surface area contributed by atoms with Gasteiger partial charge in [0, 0.05) is 31.7 Å². The highest BCUT2D eigenvalue weighted by atomic mass is 16.2. The zero-order valence-electron chi connectivity index (χ0n) is 14.3. The number of nitrogens with one attached hydrogen (secondary N) is 2. The number of piperidine rings is 1. The topological polar surface area (TPSA) is 61.4 Å². The zero-order valence-corrected chi connectivity index (χ0v) is 14.3. The Labute approximate surface area is 138 Å². The van der Waals surface area contributed by atoms with Crippen molar-refractivity contribution in [3.8, 4) is 0 Å². The van der Waals surface area contributed by atoms with Crippen LogP contribution >= 0.6 is 0 Å². The normalized spacial score (nSPS) is 17.7. The number of aryl methyl sites for hydroxylation is 2. The van der Waals surface area contributed by atoms with E-state index in [0.29, 0.717) is 25.4 Å². The van der Waals surface area contributed by atoms with E-state index in [1.54, 1.807) is 0 Å². The third-order valence-electron chi connectivity index (χ3n) is 4.47. The Bertz CT molecular complexity index is 571. The SMILES string of the molecule is CCC(=O)NCC1CCCN(C(=O)Nc2ccc(C)c(C)c2)C1. The summed E-state index contributed by atoms with van der Waals surface area (Å²) in [6.07, 6.45) is 2.54. The molecule has 2 rings (SSSR count). The number of urea groups is 1. The summed E-state index contributed by atoms with van der Waals surface area (Å²) in [4.78, 5) is 25.6. The van der Waals surface area contributed by atoms with Gasteiger partial charge in [-0.1, -0.05) is 13.0 Å². The van der Waals surface area contributed by atoms with Gasteiger partial charge in [-0.3, -0.25) is 4.79 Å². The Hall–Kier alpha value is -2.04. The summed E-state index contributed by atoms with van der Waals surface area (Å²) in [5, 5.41) is 5.90. The van der Waals surface area contributed by atoms with Crippen molar-refractivity contribution in [3.63, 3.8) is 0 Å². The maximum atomic E-state index is 12.4. The van der Waals surface area contributed by atoms with E-state index in [9.17, 15) is 9.59 Å². The second-order valence-corrected chi connectivity index (χ2v) is 6.34. The first kappa shape index (κ1) is 17.3. The van der Waals surface area contributed by atoms with Gasteiger partial charge in [-0.05, 0) is 55.9 Å². The number of likely N-dealkylation sites (tertiary alicyclic amines) is 1. The van der Waals surface area contributed by atoms with Gasteiger partial charge in [-0.15, -0.1) is 0 Å². The molecule has 2 N–H and O–H groups in total. The number of carbonyl (C=O) groups is 2. The number of nitrogens with zero attached hydrogens (tertiary/aromatic N) is 1. The average molecular weight is 317 g/mol. The summed E-state index contributed by atoms with van der Waals surface area (Å²) in [6.45, 7) is 8.06. The standard InChI is InChI=1S/C18H27N3O2/c1-4-17(22)19-11-15-6-5-9-21(12-15)18(23)20-16-8-7-13(2)14(3)10-16/h7-8,10,15H,4-6,9,11-12H2,1-3H3,(H,19,22)(H,20,23). The van der Waals surface area contributed by atoms with Crippen molar-refractivity contribution in [3.05, 3.63) is 29.3 Å². The minimum atomic E-state index is -0.0558. The highest BCUT2D eigenvalue weighted by Gasteiger charge is 2.24. The predicted molar refractivity (Wildman–Crippen MR) is 92.5 cm³/mol. The average Bonchev–Trinajstić information content (AvgIpc) is 2.56. The molecule has 0 bridgehead atoms. The fourth-order valence-corrected chi connectivity index (χ4v) is 2.82. The lowest BCUT2D eigenvalue weighted by atomic mass is 9.98. The molecule has 5 nitrogen and oxygen atoms in total. The molecule has 0 aromatic heterocycles. The van der Waals surface area contributed by atoms with Gasteiger partial charge in [-0.25, -0.2) is 4.79 Å². The Balaban J connectivity index is 1.88. The van der Waals surface area contributed by atoms with E-state index in [1.165, 1.54) is 11.1 Å². The van der Waals surface area contributed by atoms with E-state index in [1.807, 2.05) is 36.9 Å². The minimum absolute atomic E-state index is 0.0558. The maximum absolute atomic E-state index is 12.4. The van der Waals surface area contributed by atoms with Gasteiger partial charge >= 0.3 is 6.03 Å². The minimum Gasteiger partial charge on any atom is -0.356 e. The van der Waals surface area contributed by atoms with Crippen LogP contribution in [0.25, 0.3) is 0 Å². The van der Waals surface area contributed by atoms with Gasteiger partial charge in [0.05, 0.1) is 0 Å². The van der Waals surface area contributed by atoms with Crippen LogP contribution in [0.3, 0.4) is 0 Å². The molecule has 0 aliphatic carbocycles. The Morgan fingerprint density at radius 1 is 1.26 bits per heavy atom. The molecule has 3 amide bonds. The number of carbonyl (C=O) groups excluding carboxylic acids is 2. The monoisotopic (exact) mass is 317 g/mol. The number of rotatable bonds is 4. The molecule has 0 spiro atoms. The first-order valence-corrected chi connectivity index (χ1v) is 8.39. The maximum Gasteiger partial charge on any atom is 0.321 e. The fraction of sp³-hybridized carbons (Fsp3) is 0.556. The molecule has 5 heteroatoms. The van der Waals surface area contributed by atoms with Crippen molar-refractivity contribution in [1.82, 2.24) is 10.2 Å². The van der Waals surface area contributed by atoms with Crippen molar-refractivity contribution < 1.29 is 9.59 Å². The first-order valence-electron chi connectivity index (χ1n) is 8.39. The summed E-state index contributed by atoms with van der Waals surface area (Å²) in [5.41, 5.74) is 3.22. The molecule has 1 saturated heterocycles. The summed E-state index contributed by atoms with van der Waals surface area (Å²) in [5.74, 6) is 0.409. The zero-order chi connectivity index (χ0) is 16.8. The Morgan fingerprint density at radius 2 is 2.04 bits per heavy atom. The number of amides is 3. The predicted octanol–water partition coefficient (Wildman–Crippen LogP) is 3.07. The van der Waals surface area contributed by atoms with Crippen LogP contribution in [0.15, 0.2) is 18.2 Å². The van der Waals surface area contributed by atoms with Crippen LogP contribution in [0.2, 0.25) is 0 Å². The third kappa shape index (κ3) is 4.98. The van der Waals surface area contributed by atoms with Crippen LogP contribution in [0, 0.1) is 19.8 Å². The molecule has 23 heavy (non-hydrogen) atoms. The molecule has 1 aliphatic heterocycles. The first-order chi connectivity index (χ1) is 11.0. The van der Waals surface area contributed by atoms with Crippen LogP contribution in [-0.2, 0) is 4.79 Å². The molecule has 126 valence electrons. The van der Waals surface area contributed by atoms with Gasteiger partial charge in [-0.2, -0.15) is 0 Å². The van der Waals surface area contributed by atoms with E-state index in [-0.39, 0.29) is 11.9 Å². The molecular weight excluding hydrogens is 290 g/mol. The highest BCUT2D eigenvalue weighted by molar-refractivity contribution is 5.89. The van der Waals surface area contributed by atoms with Crippen molar-refractivity contribution in [2.45, 2.75) is 40.0 Å². The molecule has 1 atom stereocenters. The lowest BCUT2D eigenvalue weighted by Gasteiger charge is -2.33. The van der Waals surface area contributed by atoms with Crippen molar-refractivity contribution in [1.29, 1.82) is 0 Å². The molecule has 1 aromatic rings. The van der Waals surface area contributed by atoms with Gasteiger partial charge in [0.15, 0.2) is 0 Å². The van der Waals surface area contributed by atoms with Crippen LogP contribution in [0.5, 0.6) is 0 Å². The summed E-state index contributed by atoms with van der Waals surface area (Å²) in [6, 6.07) is 5.89. The van der Waals surface area contributed by atoms with E-state index in [4.69, 9.17) is 0 Å². The van der Waals surface area contributed by atoms with Gasteiger partial charge in [0.2, 0.25) is 5.91 Å². The molecule has 1 aromatic carbocycles. The van der Waals surface area contributed by atoms with Gasteiger partial charge in [0.1, 0.15) is 0 Å².